The Morgan fingerprint density at radius 3 is 1.70 bits per heavy atom. The Hall–Kier alpha value is 1.28. The van der Waals surface area contributed by atoms with Gasteiger partial charge in [0.25, 0.3) is 0 Å². The van der Waals surface area contributed by atoms with Gasteiger partial charge in [-0.1, -0.05) is 22.6 Å². The first-order valence-electron chi connectivity index (χ1n) is 7.49. The standard InChI is InChI=1S/C12H27ClINO6P2/c1-4-18-22(16,19-5-2)11-15(9-7-8-13)12-23(17,20-6-3)21-10-14/h4-12H2,1-3H3. The van der Waals surface area contributed by atoms with Crippen LogP contribution in [0.2, 0.25) is 0 Å². The third-order valence-electron chi connectivity index (χ3n) is 2.58. The summed E-state index contributed by atoms with van der Waals surface area (Å²) in [6.07, 6.45) is 0.689. The Balaban J connectivity index is 5.09. The van der Waals surface area contributed by atoms with E-state index in [9.17, 15) is 9.13 Å². The van der Waals surface area contributed by atoms with Crippen LogP contribution in [0, 0.1) is 0 Å². The number of nitrogens with zero attached hydrogens (tertiary/aromatic N) is 1. The molecule has 140 valence electrons. The molecule has 0 aliphatic carbocycles. The molecule has 0 aromatic rings. The first-order valence-corrected chi connectivity index (χ1v) is 13.0. The van der Waals surface area contributed by atoms with Crippen molar-refractivity contribution in [2.75, 3.05) is 49.4 Å². The molecule has 0 aliphatic heterocycles. The highest BCUT2D eigenvalue weighted by atomic mass is 127. The van der Waals surface area contributed by atoms with Crippen molar-refractivity contribution in [1.29, 1.82) is 0 Å². The first-order chi connectivity index (χ1) is 10.9. The molecule has 11 heteroatoms. The van der Waals surface area contributed by atoms with E-state index in [2.05, 4.69) is 0 Å². The molecular weight excluding hydrogens is 478 g/mol. The molecule has 0 saturated carbocycles. The quantitative estimate of drug-likeness (QED) is 0.181. The van der Waals surface area contributed by atoms with E-state index in [0.29, 0.717) is 18.8 Å². The minimum Gasteiger partial charge on any atom is -0.308 e. The molecule has 1 unspecified atom stereocenters. The topological polar surface area (TPSA) is 74.3 Å². The molecule has 0 aromatic heterocycles. The minimum absolute atomic E-state index is 0.0187. The molecule has 0 fully saturated rings. The van der Waals surface area contributed by atoms with E-state index in [0.717, 1.165) is 0 Å². The van der Waals surface area contributed by atoms with Gasteiger partial charge in [0.15, 0.2) is 0 Å². The van der Waals surface area contributed by atoms with Crippen LogP contribution >= 0.6 is 49.4 Å². The molecule has 0 N–H and O–H groups in total. The van der Waals surface area contributed by atoms with Gasteiger partial charge in [-0.25, -0.2) is 0 Å². The molecule has 0 saturated heterocycles. The molecule has 0 bridgehead atoms. The lowest BCUT2D eigenvalue weighted by Crippen LogP contribution is -2.29. The Labute approximate surface area is 157 Å². The van der Waals surface area contributed by atoms with Gasteiger partial charge < -0.3 is 13.6 Å². The van der Waals surface area contributed by atoms with E-state index in [1.54, 1.807) is 25.7 Å². The highest BCUT2D eigenvalue weighted by Crippen LogP contribution is 2.53. The van der Waals surface area contributed by atoms with Gasteiger partial charge in [0.2, 0.25) is 0 Å². The average Bonchev–Trinajstić information content (AvgIpc) is 2.45. The summed E-state index contributed by atoms with van der Waals surface area (Å²) in [7, 11) is -6.59. The van der Waals surface area contributed by atoms with E-state index in [1.807, 2.05) is 22.6 Å². The Bertz CT molecular complexity index is 352. The van der Waals surface area contributed by atoms with Crippen LogP contribution < -0.4 is 0 Å². The summed E-state index contributed by atoms with van der Waals surface area (Å²) in [6, 6.07) is 0. The van der Waals surface area contributed by atoms with Crippen LogP contribution in [0.3, 0.4) is 0 Å². The molecule has 7 nitrogen and oxygen atoms in total. The van der Waals surface area contributed by atoms with Crippen LogP contribution in [-0.2, 0) is 27.2 Å². The molecule has 1 atom stereocenters. The van der Waals surface area contributed by atoms with Crippen LogP contribution in [0.1, 0.15) is 27.2 Å². The molecule has 0 spiro atoms. The second-order valence-electron chi connectivity index (χ2n) is 4.43. The van der Waals surface area contributed by atoms with Crippen molar-refractivity contribution in [2.45, 2.75) is 27.2 Å². The van der Waals surface area contributed by atoms with Gasteiger partial charge in [-0.05, 0) is 27.2 Å². The predicted molar refractivity (Wildman–Crippen MR) is 102 cm³/mol. The molecule has 0 amide bonds. The van der Waals surface area contributed by atoms with Crippen molar-refractivity contribution in [3.05, 3.63) is 0 Å². The molecule has 0 heterocycles. The van der Waals surface area contributed by atoms with Crippen LogP contribution in [0.4, 0.5) is 0 Å². The van der Waals surface area contributed by atoms with Gasteiger partial charge in [0.1, 0.15) is 17.2 Å². The fraction of sp³-hybridized carbons (Fsp3) is 1.00. The van der Waals surface area contributed by atoms with Gasteiger partial charge in [0, 0.05) is 12.4 Å². The number of hydrogen-bond acceptors (Lipinski definition) is 7. The zero-order valence-electron chi connectivity index (χ0n) is 13.9. The van der Waals surface area contributed by atoms with E-state index in [-0.39, 0.29) is 37.0 Å². The van der Waals surface area contributed by atoms with Crippen LogP contribution in [0.25, 0.3) is 0 Å². The Kier molecular flexibility index (Phi) is 14.2. The van der Waals surface area contributed by atoms with Crippen molar-refractivity contribution in [1.82, 2.24) is 4.90 Å². The molecule has 0 aliphatic rings. The monoisotopic (exact) mass is 505 g/mol. The summed E-state index contributed by atoms with van der Waals surface area (Å²) in [4.78, 5) is 1.72. The van der Waals surface area contributed by atoms with Crippen molar-refractivity contribution >= 4 is 49.4 Å². The predicted octanol–water partition coefficient (Wildman–Crippen LogP) is 4.74. The highest BCUT2D eigenvalue weighted by molar-refractivity contribution is 14.1. The van der Waals surface area contributed by atoms with E-state index in [4.69, 9.17) is 29.7 Å². The lowest BCUT2D eigenvalue weighted by Gasteiger charge is -2.29. The van der Waals surface area contributed by atoms with Crippen molar-refractivity contribution in [2.24, 2.45) is 0 Å². The fourth-order valence-electron chi connectivity index (χ4n) is 1.86. The van der Waals surface area contributed by atoms with Gasteiger partial charge in [0.05, 0.1) is 19.8 Å². The van der Waals surface area contributed by atoms with Crippen molar-refractivity contribution in [3.63, 3.8) is 0 Å². The molecule has 0 aromatic carbocycles. The van der Waals surface area contributed by atoms with Crippen molar-refractivity contribution in [3.8, 4) is 0 Å². The van der Waals surface area contributed by atoms with Gasteiger partial charge in [-0.2, -0.15) is 0 Å². The maximum Gasteiger partial charge on any atom is 0.345 e. The maximum absolute atomic E-state index is 12.7. The smallest absolute Gasteiger partial charge is 0.308 e. The molecule has 0 rings (SSSR count). The fourth-order valence-corrected chi connectivity index (χ4v) is 6.68. The molecular formula is C12H27ClINO6P2. The lowest BCUT2D eigenvalue weighted by molar-refractivity contribution is 0.190. The SMILES string of the molecule is CCOP(=O)(CN(CCCCl)CP(=O)(OCC)OCI)OCC. The van der Waals surface area contributed by atoms with Gasteiger partial charge in [-0.15, -0.1) is 11.6 Å². The summed E-state index contributed by atoms with van der Waals surface area (Å²) in [5.74, 6) is 0.441. The summed E-state index contributed by atoms with van der Waals surface area (Å²) in [5.41, 5.74) is 0. The first kappa shape index (κ1) is 24.3. The zero-order chi connectivity index (χ0) is 17.8. The number of rotatable bonds is 15. The highest BCUT2D eigenvalue weighted by Gasteiger charge is 2.33. The zero-order valence-corrected chi connectivity index (χ0v) is 18.6. The summed E-state index contributed by atoms with van der Waals surface area (Å²) in [6.45, 7) is 6.55. The Morgan fingerprint density at radius 2 is 1.35 bits per heavy atom. The van der Waals surface area contributed by atoms with Crippen LogP contribution in [-0.4, -0.2) is 54.3 Å². The van der Waals surface area contributed by atoms with Gasteiger partial charge in [-0.3, -0.25) is 18.6 Å². The number of halogens is 2. The third kappa shape index (κ3) is 10.8. The summed E-state index contributed by atoms with van der Waals surface area (Å²) in [5, 5.41) is 0. The second-order valence-corrected chi connectivity index (χ2v) is 9.48. The Morgan fingerprint density at radius 1 is 0.913 bits per heavy atom. The van der Waals surface area contributed by atoms with E-state index >= 15 is 0 Å². The normalized spacial score (nSPS) is 15.0. The van der Waals surface area contributed by atoms with E-state index in [1.165, 1.54) is 0 Å². The summed E-state index contributed by atoms with van der Waals surface area (Å²) >= 11 is 7.71. The maximum atomic E-state index is 12.7. The number of alkyl halides is 2. The largest absolute Gasteiger partial charge is 0.345 e. The van der Waals surface area contributed by atoms with Crippen molar-refractivity contribution < 1.29 is 27.2 Å². The average molecular weight is 506 g/mol. The molecule has 0 radical (unpaired) electrons. The molecule has 23 heavy (non-hydrogen) atoms. The van der Waals surface area contributed by atoms with Gasteiger partial charge >= 0.3 is 15.2 Å². The summed E-state index contributed by atoms with van der Waals surface area (Å²) < 4.78 is 46.8. The lowest BCUT2D eigenvalue weighted by atomic mass is 10.5. The third-order valence-corrected chi connectivity index (χ3v) is 7.62. The van der Waals surface area contributed by atoms with E-state index < -0.39 is 15.2 Å². The second kappa shape index (κ2) is 13.5. The van der Waals surface area contributed by atoms with Crippen LogP contribution in [0.15, 0.2) is 0 Å². The van der Waals surface area contributed by atoms with Crippen LogP contribution in [0.5, 0.6) is 0 Å². The number of hydrogen-bond donors (Lipinski definition) is 0. The minimum atomic E-state index is -3.30.